The number of benzene rings is 2. The van der Waals surface area contributed by atoms with Crippen molar-refractivity contribution in [2.24, 2.45) is 5.73 Å². The summed E-state index contributed by atoms with van der Waals surface area (Å²) in [6, 6.07) is 14.4. The highest BCUT2D eigenvalue weighted by molar-refractivity contribution is 6.33. The Morgan fingerprint density at radius 3 is 2.60 bits per heavy atom. The molecule has 1 heterocycles. The summed E-state index contributed by atoms with van der Waals surface area (Å²) in [6.45, 7) is -0.0327. The highest BCUT2D eigenvalue weighted by atomic mass is 35.5. The van der Waals surface area contributed by atoms with Gasteiger partial charge in [-0.05, 0) is 24.3 Å². The first-order valence-corrected chi connectivity index (χ1v) is 7.97. The molecule has 3 rings (SSSR count). The number of esters is 1. The molecule has 0 aliphatic heterocycles. The number of aromatic nitrogens is 1. The average Bonchev–Trinajstić information content (AvgIpc) is 2.91. The van der Waals surface area contributed by atoms with Gasteiger partial charge in [-0.25, -0.2) is 4.79 Å². The molecule has 0 saturated carbocycles. The molecule has 0 aliphatic carbocycles. The first-order valence-electron chi connectivity index (χ1n) is 7.60. The Balaban J connectivity index is 1.75. The number of para-hydroxylation sites is 2. The van der Waals surface area contributed by atoms with E-state index in [2.05, 4.69) is 5.32 Å². The van der Waals surface area contributed by atoms with Crippen molar-refractivity contribution in [3.05, 3.63) is 59.8 Å². The standard InChI is InChI=1S/C18H16ClN3O3/c19-13-6-2-3-7-14(13)21-9-18(24)25-16-10-22(11-17(20)23)15-8-4-1-5-12(15)16/h1-8,10,21H,9,11H2,(H2,20,23). The zero-order chi connectivity index (χ0) is 17.8. The third kappa shape index (κ3) is 3.92. The number of hydrogen-bond acceptors (Lipinski definition) is 4. The van der Waals surface area contributed by atoms with Crippen LogP contribution in [0.25, 0.3) is 10.9 Å². The van der Waals surface area contributed by atoms with Gasteiger partial charge in [0.15, 0.2) is 5.75 Å². The number of carbonyl (C=O) groups is 2. The van der Waals surface area contributed by atoms with Gasteiger partial charge in [0, 0.05) is 11.6 Å². The number of amides is 1. The molecule has 0 spiro atoms. The van der Waals surface area contributed by atoms with Crippen LogP contribution >= 0.6 is 11.6 Å². The first-order chi connectivity index (χ1) is 12.0. The molecule has 0 fully saturated rings. The topological polar surface area (TPSA) is 86.3 Å². The lowest BCUT2D eigenvalue weighted by atomic mass is 10.2. The Kier molecular flexibility index (Phi) is 4.90. The van der Waals surface area contributed by atoms with E-state index < -0.39 is 11.9 Å². The quantitative estimate of drug-likeness (QED) is 0.664. The van der Waals surface area contributed by atoms with Crippen LogP contribution < -0.4 is 15.8 Å². The fourth-order valence-electron chi connectivity index (χ4n) is 2.52. The maximum atomic E-state index is 12.1. The lowest BCUT2D eigenvalue weighted by Gasteiger charge is -2.07. The molecule has 1 aromatic heterocycles. The Labute approximate surface area is 149 Å². The summed E-state index contributed by atoms with van der Waals surface area (Å²) < 4.78 is 7.09. The smallest absolute Gasteiger partial charge is 0.330 e. The molecule has 128 valence electrons. The van der Waals surface area contributed by atoms with Crippen LogP contribution in [-0.4, -0.2) is 23.0 Å². The molecule has 7 heteroatoms. The normalized spacial score (nSPS) is 10.6. The van der Waals surface area contributed by atoms with E-state index in [0.717, 1.165) is 10.9 Å². The molecule has 0 unspecified atom stereocenters. The molecule has 0 saturated heterocycles. The fraction of sp³-hybridized carbons (Fsp3) is 0.111. The van der Waals surface area contributed by atoms with E-state index in [9.17, 15) is 9.59 Å². The second-order valence-electron chi connectivity index (χ2n) is 5.41. The summed E-state index contributed by atoms with van der Waals surface area (Å²) in [5.41, 5.74) is 6.68. The predicted molar refractivity (Wildman–Crippen MR) is 96.7 cm³/mol. The van der Waals surface area contributed by atoms with E-state index in [1.165, 1.54) is 0 Å². The van der Waals surface area contributed by atoms with Crippen molar-refractivity contribution in [3.8, 4) is 5.75 Å². The highest BCUT2D eigenvalue weighted by Crippen LogP contribution is 2.28. The van der Waals surface area contributed by atoms with Gasteiger partial charge >= 0.3 is 5.97 Å². The van der Waals surface area contributed by atoms with Crippen molar-refractivity contribution >= 4 is 40.1 Å². The van der Waals surface area contributed by atoms with Crippen LogP contribution in [0, 0.1) is 0 Å². The number of nitrogens with two attached hydrogens (primary N) is 1. The Bertz CT molecular complexity index is 936. The van der Waals surface area contributed by atoms with Crippen molar-refractivity contribution in [2.45, 2.75) is 6.54 Å². The van der Waals surface area contributed by atoms with E-state index >= 15 is 0 Å². The zero-order valence-electron chi connectivity index (χ0n) is 13.2. The van der Waals surface area contributed by atoms with Gasteiger partial charge in [0.1, 0.15) is 13.1 Å². The van der Waals surface area contributed by atoms with Gasteiger partial charge in [-0.1, -0.05) is 35.9 Å². The van der Waals surface area contributed by atoms with E-state index in [1.54, 1.807) is 29.0 Å². The third-order valence-electron chi connectivity index (χ3n) is 3.60. The number of hydrogen-bond donors (Lipinski definition) is 2. The molecule has 2 aromatic carbocycles. The summed E-state index contributed by atoms with van der Waals surface area (Å²) in [7, 11) is 0. The van der Waals surface area contributed by atoms with Crippen molar-refractivity contribution in [2.75, 3.05) is 11.9 Å². The van der Waals surface area contributed by atoms with Gasteiger partial charge in [0.05, 0.1) is 16.2 Å². The first kappa shape index (κ1) is 16.9. The lowest BCUT2D eigenvalue weighted by molar-refractivity contribution is -0.132. The van der Waals surface area contributed by atoms with E-state index in [4.69, 9.17) is 22.1 Å². The van der Waals surface area contributed by atoms with E-state index in [0.29, 0.717) is 16.5 Å². The predicted octanol–water partition coefficient (Wildman–Crippen LogP) is 2.80. The molecule has 6 nitrogen and oxygen atoms in total. The van der Waals surface area contributed by atoms with Crippen molar-refractivity contribution < 1.29 is 14.3 Å². The summed E-state index contributed by atoms with van der Waals surface area (Å²) in [5.74, 6) is -0.566. The van der Waals surface area contributed by atoms with Crippen LogP contribution in [0.5, 0.6) is 5.75 Å². The Morgan fingerprint density at radius 1 is 1.12 bits per heavy atom. The van der Waals surface area contributed by atoms with Gasteiger partial charge in [0.2, 0.25) is 5.91 Å². The summed E-state index contributed by atoms with van der Waals surface area (Å²) >= 11 is 6.04. The minimum atomic E-state index is -0.473. The molecular weight excluding hydrogens is 342 g/mol. The third-order valence-corrected chi connectivity index (χ3v) is 3.93. The molecule has 25 heavy (non-hydrogen) atoms. The number of ether oxygens (including phenoxy) is 1. The number of primary amides is 1. The summed E-state index contributed by atoms with van der Waals surface area (Å²) in [4.78, 5) is 23.3. The monoisotopic (exact) mass is 357 g/mol. The molecule has 0 bridgehead atoms. The number of anilines is 1. The molecule has 3 aromatic rings. The minimum Gasteiger partial charge on any atom is -0.423 e. The maximum absolute atomic E-state index is 12.1. The van der Waals surface area contributed by atoms with Gasteiger partial charge < -0.3 is 20.4 Å². The van der Waals surface area contributed by atoms with Gasteiger partial charge in [-0.15, -0.1) is 0 Å². The molecule has 0 atom stereocenters. The average molecular weight is 358 g/mol. The van der Waals surface area contributed by atoms with E-state index in [1.807, 2.05) is 30.3 Å². The molecule has 3 N–H and O–H groups in total. The van der Waals surface area contributed by atoms with E-state index in [-0.39, 0.29) is 13.1 Å². The second-order valence-corrected chi connectivity index (χ2v) is 5.82. The number of nitrogens with one attached hydrogen (secondary N) is 1. The largest absolute Gasteiger partial charge is 0.423 e. The van der Waals surface area contributed by atoms with Gasteiger partial charge in [-0.3, -0.25) is 4.79 Å². The van der Waals surface area contributed by atoms with Crippen LogP contribution in [0.2, 0.25) is 5.02 Å². The SMILES string of the molecule is NC(=O)Cn1cc(OC(=O)CNc2ccccc2Cl)c2ccccc21. The number of carbonyl (C=O) groups excluding carboxylic acids is 2. The molecule has 1 amide bonds. The van der Waals surface area contributed by atoms with Crippen molar-refractivity contribution in [1.82, 2.24) is 4.57 Å². The molecular formula is C18H16ClN3O3. The fourth-order valence-corrected chi connectivity index (χ4v) is 2.73. The minimum absolute atomic E-state index is 0.00986. The maximum Gasteiger partial charge on any atom is 0.330 e. The summed E-state index contributed by atoms with van der Waals surface area (Å²) in [6.07, 6.45) is 1.60. The van der Waals surface area contributed by atoms with Crippen LogP contribution in [0.15, 0.2) is 54.7 Å². The van der Waals surface area contributed by atoms with Gasteiger partial charge in [0.25, 0.3) is 0 Å². The van der Waals surface area contributed by atoms with Crippen LogP contribution in [0.3, 0.4) is 0 Å². The number of nitrogens with zero attached hydrogens (tertiary/aromatic N) is 1. The van der Waals surface area contributed by atoms with Gasteiger partial charge in [-0.2, -0.15) is 0 Å². The highest BCUT2D eigenvalue weighted by Gasteiger charge is 2.14. The Morgan fingerprint density at radius 2 is 1.84 bits per heavy atom. The van der Waals surface area contributed by atoms with Crippen molar-refractivity contribution in [1.29, 1.82) is 0 Å². The zero-order valence-corrected chi connectivity index (χ0v) is 14.0. The second kappa shape index (κ2) is 7.27. The Hall–Kier alpha value is -2.99. The summed E-state index contributed by atoms with van der Waals surface area (Å²) in [5, 5.41) is 4.19. The number of halogens is 1. The number of fused-ring (bicyclic) bond motifs is 1. The van der Waals surface area contributed by atoms with Crippen LogP contribution in [-0.2, 0) is 16.1 Å². The number of rotatable bonds is 6. The molecule has 0 aliphatic rings. The van der Waals surface area contributed by atoms with Crippen LogP contribution in [0.4, 0.5) is 5.69 Å². The molecule has 0 radical (unpaired) electrons. The van der Waals surface area contributed by atoms with Crippen molar-refractivity contribution in [3.63, 3.8) is 0 Å². The van der Waals surface area contributed by atoms with Crippen LogP contribution in [0.1, 0.15) is 0 Å². The lowest BCUT2D eigenvalue weighted by Crippen LogP contribution is -2.20.